The molecule has 4 rings (SSSR count). The molecule has 0 N–H and O–H groups in total. The fraction of sp³-hybridized carbons (Fsp3) is 0.522. The Bertz CT molecular complexity index is 962. The Morgan fingerprint density at radius 3 is 2.78 bits per heavy atom. The number of thiazole rings is 1. The van der Waals surface area contributed by atoms with Gasteiger partial charge in [-0.1, -0.05) is 17.7 Å². The van der Waals surface area contributed by atoms with Crippen molar-refractivity contribution in [1.29, 1.82) is 0 Å². The van der Waals surface area contributed by atoms with Crippen LogP contribution < -0.4 is 4.74 Å². The van der Waals surface area contributed by atoms with Crippen molar-refractivity contribution in [3.8, 4) is 5.75 Å². The first-order chi connectivity index (χ1) is 15.5. The molecule has 2 amide bonds. The number of likely N-dealkylation sites (tertiary alicyclic amines) is 1. The summed E-state index contributed by atoms with van der Waals surface area (Å²) in [6.45, 7) is 5.67. The van der Waals surface area contributed by atoms with Gasteiger partial charge in [-0.25, -0.2) is 4.98 Å². The number of aryl methyl sites for hydroxylation is 1. The Labute approximate surface area is 197 Å². The van der Waals surface area contributed by atoms with Gasteiger partial charge < -0.3 is 19.3 Å². The number of nitrogens with zero attached hydrogens (tertiary/aromatic N) is 3. The Kier molecular flexibility index (Phi) is 7.33. The van der Waals surface area contributed by atoms with Gasteiger partial charge in [0.15, 0.2) is 0 Å². The third kappa shape index (κ3) is 5.42. The van der Waals surface area contributed by atoms with Crippen LogP contribution in [-0.2, 0) is 9.53 Å². The second-order valence-corrected chi connectivity index (χ2v) is 9.80. The summed E-state index contributed by atoms with van der Waals surface area (Å²) in [6.07, 6.45) is 1.97. The van der Waals surface area contributed by atoms with E-state index in [0.29, 0.717) is 68.1 Å². The third-order valence-electron chi connectivity index (χ3n) is 6.12. The Hall–Kier alpha value is -2.16. The van der Waals surface area contributed by atoms with Crippen LogP contribution in [0.5, 0.6) is 5.75 Å². The zero-order valence-electron chi connectivity index (χ0n) is 18.2. The van der Waals surface area contributed by atoms with Crippen molar-refractivity contribution < 1.29 is 19.1 Å². The number of piperidine rings is 1. The number of carbonyl (C=O) groups is 2. The molecule has 0 bridgehead atoms. The summed E-state index contributed by atoms with van der Waals surface area (Å²) in [5.74, 6) is 0.736. The van der Waals surface area contributed by atoms with E-state index in [1.54, 1.807) is 17.6 Å². The van der Waals surface area contributed by atoms with E-state index in [2.05, 4.69) is 4.98 Å². The number of halogens is 1. The maximum atomic E-state index is 13.2. The predicted molar refractivity (Wildman–Crippen MR) is 123 cm³/mol. The lowest BCUT2D eigenvalue weighted by molar-refractivity contribution is -0.139. The summed E-state index contributed by atoms with van der Waals surface area (Å²) in [4.78, 5) is 35.0. The number of hydrogen-bond acceptors (Lipinski definition) is 6. The molecule has 0 aliphatic carbocycles. The monoisotopic (exact) mass is 477 g/mol. The van der Waals surface area contributed by atoms with Crippen molar-refractivity contribution in [3.05, 3.63) is 45.4 Å². The third-order valence-corrected chi connectivity index (χ3v) is 7.27. The number of ether oxygens (including phenoxy) is 2. The van der Waals surface area contributed by atoms with Crippen LogP contribution in [0.2, 0.25) is 5.02 Å². The molecule has 1 atom stereocenters. The molecule has 7 nitrogen and oxygen atoms in total. The molecule has 3 heterocycles. The van der Waals surface area contributed by atoms with Gasteiger partial charge in [0.1, 0.15) is 10.6 Å². The van der Waals surface area contributed by atoms with Crippen LogP contribution >= 0.6 is 22.9 Å². The number of carbonyl (C=O) groups excluding carboxylic acids is 2. The van der Waals surface area contributed by atoms with Gasteiger partial charge in [-0.15, -0.1) is 11.3 Å². The van der Waals surface area contributed by atoms with Crippen LogP contribution in [0.15, 0.2) is 29.8 Å². The molecule has 1 aromatic carbocycles. The van der Waals surface area contributed by atoms with Crippen LogP contribution in [0.1, 0.15) is 34.6 Å². The molecule has 0 spiro atoms. The zero-order valence-corrected chi connectivity index (χ0v) is 19.8. The zero-order chi connectivity index (χ0) is 22.6. The lowest BCUT2D eigenvalue weighted by Crippen LogP contribution is -2.52. The van der Waals surface area contributed by atoms with E-state index < -0.39 is 5.41 Å². The highest BCUT2D eigenvalue weighted by molar-refractivity contribution is 7.11. The molecule has 0 saturated carbocycles. The number of benzene rings is 1. The molecule has 2 aromatic rings. The van der Waals surface area contributed by atoms with Crippen molar-refractivity contribution >= 4 is 34.8 Å². The lowest BCUT2D eigenvalue weighted by Gasteiger charge is -2.43. The summed E-state index contributed by atoms with van der Waals surface area (Å²) in [5, 5.41) is 0.599. The summed E-state index contributed by atoms with van der Waals surface area (Å²) in [5.41, 5.74) is 1.98. The van der Waals surface area contributed by atoms with Gasteiger partial charge in [0.25, 0.3) is 5.91 Å². The topological polar surface area (TPSA) is 72.0 Å². The highest BCUT2D eigenvalue weighted by Gasteiger charge is 2.41. The van der Waals surface area contributed by atoms with E-state index in [1.165, 1.54) is 11.3 Å². The minimum Gasteiger partial charge on any atom is -0.493 e. The average Bonchev–Trinajstić information content (AvgIpc) is 3.24. The summed E-state index contributed by atoms with van der Waals surface area (Å²) >= 11 is 7.48. The fourth-order valence-electron chi connectivity index (χ4n) is 4.38. The molecule has 0 unspecified atom stereocenters. The van der Waals surface area contributed by atoms with Crippen LogP contribution in [0.4, 0.5) is 0 Å². The normalized spacial score (nSPS) is 21.4. The molecular weight excluding hydrogens is 450 g/mol. The second-order valence-electron chi connectivity index (χ2n) is 8.51. The first kappa shape index (κ1) is 23.0. The SMILES string of the molecule is Cc1ncsc1C(=O)N1CCC[C@@](COc2cccc(Cl)c2)(CC(=O)N2CCOCC2)C1. The highest BCUT2D eigenvalue weighted by Crippen LogP contribution is 2.36. The molecule has 9 heteroatoms. The molecule has 2 fully saturated rings. The summed E-state index contributed by atoms with van der Waals surface area (Å²) < 4.78 is 11.5. The highest BCUT2D eigenvalue weighted by atomic mass is 35.5. The molecular formula is C23H28ClN3O4S. The van der Waals surface area contributed by atoms with Crippen molar-refractivity contribution in [2.75, 3.05) is 46.0 Å². The largest absolute Gasteiger partial charge is 0.493 e. The maximum Gasteiger partial charge on any atom is 0.265 e. The Balaban J connectivity index is 1.53. The first-order valence-electron chi connectivity index (χ1n) is 10.9. The first-order valence-corrected chi connectivity index (χ1v) is 12.1. The van der Waals surface area contributed by atoms with Crippen molar-refractivity contribution in [1.82, 2.24) is 14.8 Å². The van der Waals surface area contributed by atoms with E-state index in [-0.39, 0.29) is 11.8 Å². The summed E-state index contributed by atoms with van der Waals surface area (Å²) in [7, 11) is 0. The smallest absolute Gasteiger partial charge is 0.265 e. The Morgan fingerprint density at radius 1 is 1.25 bits per heavy atom. The molecule has 0 radical (unpaired) electrons. The van der Waals surface area contributed by atoms with E-state index >= 15 is 0 Å². The number of rotatable bonds is 6. The van der Waals surface area contributed by atoms with Crippen molar-refractivity contribution in [3.63, 3.8) is 0 Å². The van der Waals surface area contributed by atoms with Gasteiger partial charge in [0, 0.05) is 43.0 Å². The van der Waals surface area contributed by atoms with E-state index in [4.69, 9.17) is 21.1 Å². The van der Waals surface area contributed by atoms with E-state index in [1.807, 2.05) is 28.9 Å². The van der Waals surface area contributed by atoms with Gasteiger partial charge in [-0.2, -0.15) is 0 Å². The van der Waals surface area contributed by atoms with Gasteiger partial charge >= 0.3 is 0 Å². The predicted octanol–water partition coefficient (Wildman–Crippen LogP) is 3.66. The van der Waals surface area contributed by atoms with Crippen LogP contribution in [0.25, 0.3) is 0 Å². The number of morpholine rings is 1. The van der Waals surface area contributed by atoms with Crippen LogP contribution in [-0.4, -0.2) is 72.6 Å². The number of aromatic nitrogens is 1. The van der Waals surface area contributed by atoms with E-state index in [9.17, 15) is 9.59 Å². The van der Waals surface area contributed by atoms with Gasteiger partial charge in [0.2, 0.25) is 5.91 Å². The molecule has 32 heavy (non-hydrogen) atoms. The minimum absolute atomic E-state index is 0.0179. The van der Waals surface area contributed by atoms with Crippen molar-refractivity contribution in [2.24, 2.45) is 5.41 Å². The van der Waals surface area contributed by atoms with Gasteiger partial charge in [0.05, 0.1) is 31.0 Å². The molecule has 2 saturated heterocycles. The van der Waals surface area contributed by atoms with E-state index in [0.717, 1.165) is 18.5 Å². The molecule has 1 aromatic heterocycles. The van der Waals surface area contributed by atoms with Gasteiger partial charge in [-0.3, -0.25) is 9.59 Å². The quantitative estimate of drug-likeness (QED) is 0.635. The summed E-state index contributed by atoms with van der Waals surface area (Å²) in [6, 6.07) is 7.26. The van der Waals surface area contributed by atoms with Crippen LogP contribution in [0, 0.1) is 12.3 Å². The molecule has 2 aliphatic rings. The standard InChI is InChI=1S/C23H28ClN3O4S/c1-17-21(32-16-25-17)22(29)27-7-3-6-23(14-27,13-20(28)26-8-10-30-11-9-26)15-31-19-5-2-4-18(24)12-19/h2,4-5,12,16H,3,6-11,13-15H2,1H3/t23-/m1/s1. The number of hydrogen-bond donors (Lipinski definition) is 0. The average molecular weight is 478 g/mol. The molecule has 172 valence electrons. The van der Waals surface area contributed by atoms with Gasteiger partial charge in [-0.05, 0) is 38.0 Å². The van der Waals surface area contributed by atoms with Crippen molar-refractivity contribution in [2.45, 2.75) is 26.2 Å². The fourth-order valence-corrected chi connectivity index (χ4v) is 5.33. The minimum atomic E-state index is -0.468. The Morgan fingerprint density at radius 2 is 2.06 bits per heavy atom. The maximum absolute atomic E-state index is 13.2. The second kappa shape index (κ2) is 10.2. The lowest BCUT2D eigenvalue weighted by atomic mass is 9.77. The number of amides is 2. The van der Waals surface area contributed by atoms with Crippen LogP contribution in [0.3, 0.4) is 0 Å². The molecule has 2 aliphatic heterocycles.